The molecule has 23 heavy (non-hydrogen) atoms. The first-order valence-corrected chi connectivity index (χ1v) is 8.00. The number of amides is 2. The third kappa shape index (κ3) is 4.96. The monoisotopic (exact) mass is 320 g/mol. The van der Waals surface area contributed by atoms with Crippen molar-refractivity contribution in [3.63, 3.8) is 0 Å². The highest BCUT2D eigenvalue weighted by atomic mass is 16.5. The van der Waals surface area contributed by atoms with Gasteiger partial charge in [-0.05, 0) is 31.9 Å². The fourth-order valence-electron chi connectivity index (χ4n) is 2.56. The second-order valence-corrected chi connectivity index (χ2v) is 5.45. The van der Waals surface area contributed by atoms with Gasteiger partial charge in [-0.15, -0.1) is 0 Å². The first-order chi connectivity index (χ1) is 11.1. The van der Waals surface area contributed by atoms with Gasteiger partial charge in [0, 0.05) is 20.1 Å². The molecule has 1 heterocycles. The molecule has 0 bridgehead atoms. The second kappa shape index (κ2) is 8.53. The summed E-state index contributed by atoms with van der Waals surface area (Å²) in [5.41, 5.74) is 0.606. The molecule has 6 heteroatoms. The maximum absolute atomic E-state index is 12.2. The number of carbonyl (C=O) groups is 2. The van der Waals surface area contributed by atoms with Crippen LogP contribution >= 0.6 is 0 Å². The molecule has 1 aliphatic heterocycles. The summed E-state index contributed by atoms with van der Waals surface area (Å²) in [6.07, 6.45) is 2.08. The van der Waals surface area contributed by atoms with Gasteiger partial charge in [0.05, 0.1) is 18.4 Å². The minimum Gasteiger partial charge on any atom is -0.492 e. The van der Waals surface area contributed by atoms with Crippen molar-refractivity contribution in [2.24, 2.45) is 0 Å². The van der Waals surface area contributed by atoms with Crippen molar-refractivity contribution in [1.29, 1.82) is 0 Å². The lowest BCUT2D eigenvalue weighted by atomic mass is 10.2. The molecule has 1 aliphatic rings. The molecule has 6 nitrogen and oxygen atoms in total. The van der Waals surface area contributed by atoms with E-state index in [-0.39, 0.29) is 24.5 Å². The second-order valence-electron chi connectivity index (χ2n) is 5.45. The van der Waals surface area contributed by atoms with Gasteiger partial charge in [0.2, 0.25) is 11.8 Å². The summed E-state index contributed by atoms with van der Waals surface area (Å²) >= 11 is 0. The molecule has 1 atom stereocenters. The molecule has 0 aliphatic carbocycles. The Morgan fingerprint density at radius 3 is 2.83 bits per heavy atom. The van der Waals surface area contributed by atoms with E-state index >= 15 is 0 Å². The summed E-state index contributed by atoms with van der Waals surface area (Å²) < 4.78 is 11.0. The number of rotatable bonds is 7. The minimum absolute atomic E-state index is 0.0356. The van der Waals surface area contributed by atoms with Crippen molar-refractivity contribution in [3.05, 3.63) is 24.3 Å². The van der Waals surface area contributed by atoms with E-state index in [2.05, 4.69) is 5.32 Å². The molecular formula is C17H24N2O4. The quantitative estimate of drug-likeness (QED) is 0.831. The van der Waals surface area contributed by atoms with Gasteiger partial charge in [-0.2, -0.15) is 0 Å². The largest absolute Gasteiger partial charge is 0.492 e. The highest BCUT2D eigenvalue weighted by molar-refractivity contribution is 5.98. The zero-order valence-corrected chi connectivity index (χ0v) is 13.7. The summed E-state index contributed by atoms with van der Waals surface area (Å²) in [7, 11) is 0. The van der Waals surface area contributed by atoms with Gasteiger partial charge >= 0.3 is 0 Å². The van der Waals surface area contributed by atoms with Crippen LogP contribution in [0.2, 0.25) is 0 Å². The zero-order chi connectivity index (χ0) is 16.7. The molecule has 2 amide bonds. The van der Waals surface area contributed by atoms with E-state index in [1.165, 1.54) is 11.8 Å². The Labute approximate surface area is 136 Å². The van der Waals surface area contributed by atoms with Gasteiger partial charge in [0.1, 0.15) is 12.3 Å². The van der Waals surface area contributed by atoms with Crippen LogP contribution in [0.15, 0.2) is 24.3 Å². The molecule has 1 unspecified atom stereocenters. The van der Waals surface area contributed by atoms with Gasteiger partial charge in [-0.25, -0.2) is 0 Å². The van der Waals surface area contributed by atoms with E-state index in [9.17, 15) is 9.59 Å². The first kappa shape index (κ1) is 17.3. The summed E-state index contributed by atoms with van der Waals surface area (Å²) in [4.78, 5) is 25.5. The normalized spacial score (nSPS) is 16.9. The number of carbonyl (C=O) groups excluding carboxylic acids is 2. The van der Waals surface area contributed by atoms with E-state index in [1.807, 2.05) is 19.1 Å². The van der Waals surface area contributed by atoms with Crippen molar-refractivity contribution >= 4 is 17.5 Å². The van der Waals surface area contributed by atoms with Gasteiger partial charge in [0.25, 0.3) is 0 Å². The van der Waals surface area contributed by atoms with Crippen molar-refractivity contribution in [2.75, 3.05) is 31.2 Å². The Balaban J connectivity index is 2.00. The predicted molar refractivity (Wildman–Crippen MR) is 87.6 cm³/mol. The molecule has 1 fully saturated rings. The van der Waals surface area contributed by atoms with Crippen LogP contribution in [0.4, 0.5) is 5.69 Å². The average molecular weight is 320 g/mol. The van der Waals surface area contributed by atoms with Crippen LogP contribution in [0.3, 0.4) is 0 Å². The maximum Gasteiger partial charge on any atom is 0.240 e. The lowest BCUT2D eigenvalue weighted by molar-refractivity contribution is -0.123. The van der Waals surface area contributed by atoms with E-state index in [1.54, 1.807) is 12.1 Å². The SMILES string of the molecule is CCOc1ccccc1N(CC(=O)NCC1CCCO1)C(C)=O. The Morgan fingerprint density at radius 1 is 1.39 bits per heavy atom. The highest BCUT2D eigenvalue weighted by Crippen LogP contribution is 2.28. The lowest BCUT2D eigenvalue weighted by Crippen LogP contribution is -2.42. The van der Waals surface area contributed by atoms with Crippen LogP contribution in [-0.2, 0) is 14.3 Å². The third-order valence-electron chi connectivity index (χ3n) is 3.69. The molecule has 126 valence electrons. The molecule has 1 aromatic rings. The molecule has 0 saturated carbocycles. The van der Waals surface area contributed by atoms with Crippen LogP contribution in [0, 0.1) is 0 Å². The number of hydrogen-bond acceptors (Lipinski definition) is 4. The summed E-state index contributed by atoms with van der Waals surface area (Å²) in [5.74, 6) is 0.184. The number of benzene rings is 1. The maximum atomic E-state index is 12.2. The van der Waals surface area contributed by atoms with Crippen LogP contribution < -0.4 is 15.0 Å². The molecule has 1 N–H and O–H groups in total. The number of para-hydroxylation sites is 2. The molecule has 0 spiro atoms. The third-order valence-corrected chi connectivity index (χ3v) is 3.69. The average Bonchev–Trinajstić information content (AvgIpc) is 3.05. The molecular weight excluding hydrogens is 296 g/mol. The summed E-state index contributed by atoms with van der Waals surface area (Å²) in [5, 5.41) is 2.83. The van der Waals surface area contributed by atoms with Gasteiger partial charge in [-0.1, -0.05) is 12.1 Å². The first-order valence-electron chi connectivity index (χ1n) is 8.00. The van der Waals surface area contributed by atoms with Gasteiger partial charge < -0.3 is 14.8 Å². The van der Waals surface area contributed by atoms with E-state index in [4.69, 9.17) is 9.47 Å². The van der Waals surface area contributed by atoms with Crippen LogP contribution in [-0.4, -0.2) is 44.2 Å². The Kier molecular flexibility index (Phi) is 6.40. The number of hydrogen-bond donors (Lipinski definition) is 1. The Hall–Kier alpha value is -2.08. The van der Waals surface area contributed by atoms with Crippen molar-refractivity contribution in [3.8, 4) is 5.75 Å². The zero-order valence-electron chi connectivity index (χ0n) is 13.7. The van der Waals surface area contributed by atoms with Crippen LogP contribution in [0.25, 0.3) is 0 Å². The molecule has 0 radical (unpaired) electrons. The number of nitrogens with zero attached hydrogens (tertiary/aromatic N) is 1. The van der Waals surface area contributed by atoms with E-state index in [0.29, 0.717) is 24.6 Å². The molecule has 2 rings (SSSR count). The summed E-state index contributed by atoms with van der Waals surface area (Å²) in [6, 6.07) is 7.22. The molecule has 1 saturated heterocycles. The molecule has 0 aromatic heterocycles. The Bertz CT molecular complexity index is 541. The van der Waals surface area contributed by atoms with E-state index < -0.39 is 0 Å². The van der Waals surface area contributed by atoms with Crippen molar-refractivity contribution < 1.29 is 19.1 Å². The smallest absolute Gasteiger partial charge is 0.240 e. The van der Waals surface area contributed by atoms with E-state index in [0.717, 1.165) is 19.4 Å². The summed E-state index contributed by atoms with van der Waals surface area (Å²) in [6.45, 7) is 5.01. The highest BCUT2D eigenvalue weighted by Gasteiger charge is 2.21. The van der Waals surface area contributed by atoms with Crippen molar-refractivity contribution in [2.45, 2.75) is 32.8 Å². The van der Waals surface area contributed by atoms with Gasteiger partial charge in [0.15, 0.2) is 0 Å². The fraction of sp³-hybridized carbons (Fsp3) is 0.529. The topological polar surface area (TPSA) is 67.9 Å². The van der Waals surface area contributed by atoms with Crippen LogP contribution in [0.1, 0.15) is 26.7 Å². The Morgan fingerprint density at radius 2 is 2.17 bits per heavy atom. The fourth-order valence-corrected chi connectivity index (χ4v) is 2.56. The predicted octanol–water partition coefficient (Wildman–Crippen LogP) is 1.73. The lowest BCUT2D eigenvalue weighted by Gasteiger charge is -2.23. The van der Waals surface area contributed by atoms with Crippen molar-refractivity contribution in [1.82, 2.24) is 5.32 Å². The number of ether oxygens (including phenoxy) is 2. The van der Waals surface area contributed by atoms with Crippen LogP contribution in [0.5, 0.6) is 5.75 Å². The number of anilines is 1. The minimum atomic E-state index is -0.206. The van der Waals surface area contributed by atoms with Gasteiger partial charge in [-0.3, -0.25) is 14.5 Å². The standard InChI is InChI=1S/C17H24N2O4/c1-3-22-16-9-5-4-8-15(16)19(13(2)20)12-17(21)18-11-14-7-6-10-23-14/h4-5,8-9,14H,3,6-7,10-12H2,1-2H3,(H,18,21). The number of nitrogens with one attached hydrogen (secondary N) is 1. The molecule has 1 aromatic carbocycles.